The number of piperidine rings is 2. The molecule has 0 saturated carbocycles. The molecule has 0 spiro atoms. The maximum atomic E-state index is 13.4. The smallest absolute Gasteiger partial charge is 0.125 e. The lowest BCUT2D eigenvalue weighted by Crippen LogP contribution is -2.34. The molecule has 5 heteroatoms. The highest BCUT2D eigenvalue weighted by Gasteiger charge is 2.23. The summed E-state index contributed by atoms with van der Waals surface area (Å²) in [4.78, 5) is 5.89. The number of nitrogens with zero attached hydrogens (tertiary/aromatic N) is 1. The molecule has 2 fully saturated rings. The fourth-order valence-electron chi connectivity index (χ4n) is 4.70. The first-order valence-corrected chi connectivity index (χ1v) is 9.99. The van der Waals surface area contributed by atoms with Crippen molar-refractivity contribution in [2.75, 3.05) is 32.7 Å². The van der Waals surface area contributed by atoms with Gasteiger partial charge in [0.05, 0.1) is 0 Å². The number of likely N-dealkylation sites (tertiary alicyclic amines) is 1. The molecule has 2 N–H and O–H groups in total. The Labute approximate surface area is 162 Å². The molecule has 0 radical (unpaired) electrons. The van der Waals surface area contributed by atoms with Crippen LogP contribution in [0.4, 0.5) is 4.39 Å². The highest BCUT2D eigenvalue weighted by atomic mass is 35.5. The molecule has 4 rings (SSSR count). The molecule has 1 aromatic heterocycles. The van der Waals surface area contributed by atoms with Crippen LogP contribution in [0.15, 0.2) is 24.4 Å². The lowest BCUT2D eigenvalue weighted by atomic mass is 9.89. The predicted octanol–water partition coefficient (Wildman–Crippen LogP) is 4.69. The van der Waals surface area contributed by atoms with Crippen LogP contribution in [0.2, 0.25) is 0 Å². The van der Waals surface area contributed by atoms with E-state index >= 15 is 0 Å². The summed E-state index contributed by atoms with van der Waals surface area (Å²) in [6.45, 7) is 6.08. The molecule has 1 aromatic carbocycles. The van der Waals surface area contributed by atoms with Crippen molar-refractivity contribution >= 4 is 23.3 Å². The summed E-state index contributed by atoms with van der Waals surface area (Å²) in [5, 5.41) is 4.72. The van der Waals surface area contributed by atoms with Gasteiger partial charge in [-0.15, -0.1) is 12.4 Å². The van der Waals surface area contributed by atoms with E-state index in [9.17, 15) is 4.39 Å². The highest BCUT2D eigenvalue weighted by molar-refractivity contribution is 5.85. The van der Waals surface area contributed by atoms with Crippen LogP contribution in [-0.2, 0) is 0 Å². The topological polar surface area (TPSA) is 31.1 Å². The van der Waals surface area contributed by atoms with E-state index in [2.05, 4.69) is 21.4 Å². The molecule has 26 heavy (non-hydrogen) atoms. The maximum absolute atomic E-state index is 13.4. The third-order valence-electron chi connectivity index (χ3n) is 6.19. The van der Waals surface area contributed by atoms with E-state index in [1.54, 1.807) is 12.1 Å². The molecule has 0 bridgehead atoms. The average molecular weight is 380 g/mol. The number of hydrogen-bond donors (Lipinski definition) is 2. The summed E-state index contributed by atoms with van der Waals surface area (Å²) in [6, 6.07) is 5.12. The summed E-state index contributed by atoms with van der Waals surface area (Å²) in [6.07, 6.45) is 10.0. The van der Waals surface area contributed by atoms with Gasteiger partial charge in [-0.05, 0) is 107 Å². The van der Waals surface area contributed by atoms with Crippen molar-refractivity contribution in [1.82, 2.24) is 15.2 Å². The minimum Gasteiger partial charge on any atom is -0.361 e. The zero-order valence-electron chi connectivity index (χ0n) is 15.5. The van der Waals surface area contributed by atoms with Gasteiger partial charge in [-0.1, -0.05) is 0 Å². The van der Waals surface area contributed by atoms with Crippen LogP contribution in [0.25, 0.3) is 10.9 Å². The molecule has 2 aliphatic heterocycles. The molecule has 144 valence electrons. The molecule has 1 atom stereocenters. The first-order chi connectivity index (χ1) is 12.3. The summed E-state index contributed by atoms with van der Waals surface area (Å²) < 4.78 is 13.4. The first-order valence-electron chi connectivity index (χ1n) is 9.99. The molecule has 3 nitrogen and oxygen atoms in total. The molecular weight excluding hydrogens is 349 g/mol. The van der Waals surface area contributed by atoms with Crippen LogP contribution in [0.3, 0.4) is 0 Å². The number of H-pyrrole nitrogens is 1. The largest absolute Gasteiger partial charge is 0.361 e. The zero-order chi connectivity index (χ0) is 17.1. The Bertz CT molecular complexity index is 688. The molecule has 0 amide bonds. The quantitative estimate of drug-likeness (QED) is 0.789. The van der Waals surface area contributed by atoms with Gasteiger partial charge in [-0.25, -0.2) is 4.39 Å². The summed E-state index contributed by atoms with van der Waals surface area (Å²) in [5.74, 6) is 1.35. The molecule has 0 aliphatic carbocycles. The van der Waals surface area contributed by atoms with Gasteiger partial charge in [0.2, 0.25) is 0 Å². The third kappa shape index (κ3) is 4.59. The summed E-state index contributed by atoms with van der Waals surface area (Å²) in [7, 11) is 0. The Morgan fingerprint density at radius 3 is 2.77 bits per heavy atom. The molecule has 2 aliphatic rings. The van der Waals surface area contributed by atoms with Crippen molar-refractivity contribution in [2.45, 2.75) is 44.4 Å². The van der Waals surface area contributed by atoms with Gasteiger partial charge in [-0.3, -0.25) is 0 Å². The fourth-order valence-corrected chi connectivity index (χ4v) is 4.70. The first kappa shape index (κ1) is 19.7. The van der Waals surface area contributed by atoms with E-state index in [-0.39, 0.29) is 18.2 Å². The normalized spacial score (nSPS) is 22.4. The summed E-state index contributed by atoms with van der Waals surface area (Å²) in [5.41, 5.74) is 2.31. The minimum absolute atomic E-state index is 0. The number of aromatic nitrogens is 1. The number of rotatable bonds is 5. The molecule has 3 heterocycles. The Kier molecular flexibility index (Phi) is 6.96. The van der Waals surface area contributed by atoms with Gasteiger partial charge in [0.1, 0.15) is 5.82 Å². The third-order valence-corrected chi connectivity index (χ3v) is 6.19. The maximum Gasteiger partial charge on any atom is 0.125 e. The van der Waals surface area contributed by atoms with Crippen molar-refractivity contribution in [3.63, 3.8) is 0 Å². The second-order valence-corrected chi connectivity index (χ2v) is 7.90. The number of nitrogens with one attached hydrogen (secondary N) is 2. The average Bonchev–Trinajstić information content (AvgIpc) is 3.06. The molecule has 2 aromatic rings. The van der Waals surface area contributed by atoms with E-state index in [0.717, 1.165) is 11.4 Å². The Balaban J connectivity index is 0.00000196. The van der Waals surface area contributed by atoms with Crippen LogP contribution >= 0.6 is 12.4 Å². The fraction of sp³-hybridized carbons (Fsp3) is 0.619. The van der Waals surface area contributed by atoms with Crippen LogP contribution in [-0.4, -0.2) is 42.6 Å². The zero-order valence-corrected chi connectivity index (χ0v) is 16.3. The van der Waals surface area contributed by atoms with Gasteiger partial charge in [0.15, 0.2) is 0 Å². The highest BCUT2D eigenvalue weighted by Crippen LogP contribution is 2.33. The molecule has 2 saturated heterocycles. The monoisotopic (exact) mass is 379 g/mol. The van der Waals surface area contributed by atoms with Crippen LogP contribution < -0.4 is 5.32 Å². The van der Waals surface area contributed by atoms with Crippen molar-refractivity contribution in [3.8, 4) is 0 Å². The predicted molar refractivity (Wildman–Crippen MR) is 109 cm³/mol. The molecule has 1 unspecified atom stereocenters. The number of benzene rings is 1. The van der Waals surface area contributed by atoms with Gasteiger partial charge in [0.25, 0.3) is 0 Å². The SMILES string of the molecule is Cl.Fc1ccc2c(C3CCN(CCCC4CCCNC4)CC3)c[nH]c2c1. The number of halogens is 2. The van der Waals surface area contributed by atoms with Crippen LogP contribution in [0.1, 0.15) is 50.0 Å². The van der Waals surface area contributed by atoms with Crippen molar-refractivity contribution in [3.05, 3.63) is 35.8 Å². The van der Waals surface area contributed by atoms with E-state index in [1.807, 2.05) is 6.07 Å². The number of aromatic amines is 1. The van der Waals surface area contributed by atoms with Crippen molar-refractivity contribution in [2.24, 2.45) is 5.92 Å². The Morgan fingerprint density at radius 2 is 2.00 bits per heavy atom. The van der Waals surface area contributed by atoms with Crippen LogP contribution in [0, 0.1) is 11.7 Å². The number of fused-ring (bicyclic) bond motifs is 1. The van der Waals surface area contributed by atoms with E-state index in [1.165, 1.54) is 82.2 Å². The van der Waals surface area contributed by atoms with E-state index in [0.29, 0.717) is 5.92 Å². The minimum atomic E-state index is -0.163. The van der Waals surface area contributed by atoms with Gasteiger partial charge >= 0.3 is 0 Å². The van der Waals surface area contributed by atoms with E-state index < -0.39 is 0 Å². The number of hydrogen-bond acceptors (Lipinski definition) is 2. The second-order valence-electron chi connectivity index (χ2n) is 7.90. The molecular formula is C21H31ClFN3. The lowest BCUT2D eigenvalue weighted by molar-refractivity contribution is 0.202. The second kappa shape index (κ2) is 9.20. The standard InChI is InChI=1S/C21H30FN3.ClH/c22-18-5-6-19-20(15-24-21(19)13-18)17-7-11-25(12-8-17)10-2-4-16-3-1-9-23-14-16;/h5-6,13,15-17,23-24H,1-4,7-12,14H2;1H. The summed E-state index contributed by atoms with van der Waals surface area (Å²) >= 11 is 0. The van der Waals surface area contributed by atoms with Gasteiger partial charge in [0, 0.05) is 17.1 Å². The van der Waals surface area contributed by atoms with Crippen molar-refractivity contribution in [1.29, 1.82) is 0 Å². The van der Waals surface area contributed by atoms with Gasteiger partial charge < -0.3 is 15.2 Å². The van der Waals surface area contributed by atoms with E-state index in [4.69, 9.17) is 0 Å². The Hall–Kier alpha value is -1.10. The lowest BCUT2D eigenvalue weighted by Gasteiger charge is -2.32. The van der Waals surface area contributed by atoms with Gasteiger partial charge in [-0.2, -0.15) is 0 Å². The van der Waals surface area contributed by atoms with Crippen molar-refractivity contribution < 1.29 is 4.39 Å². The van der Waals surface area contributed by atoms with Crippen LogP contribution in [0.5, 0.6) is 0 Å². The Morgan fingerprint density at radius 1 is 1.15 bits per heavy atom.